The van der Waals surface area contributed by atoms with Crippen LogP contribution in [0.2, 0.25) is 5.15 Å². The summed E-state index contributed by atoms with van der Waals surface area (Å²) in [7, 11) is 0. The molecule has 80 valence electrons. The van der Waals surface area contributed by atoms with Gasteiger partial charge in [0.05, 0.1) is 0 Å². The van der Waals surface area contributed by atoms with Crippen molar-refractivity contribution in [3.63, 3.8) is 0 Å². The van der Waals surface area contributed by atoms with E-state index in [-0.39, 0.29) is 0 Å². The van der Waals surface area contributed by atoms with Crippen LogP contribution in [-0.4, -0.2) is 19.6 Å². The molecule has 4 nitrogen and oxygen atoms in total. The molecule has 2 rings (SSSR count). The molecule has 0 saturated carbocycles. The summed E-state index contributed by atoms with van der Waals surface area (Å²) < 4.78 is 1.90. The van der Waals surface area contributed by atoms with Crippen molar-refractivity contribution in [2.75, 3.05) is 0 Å². The molecule has 2 aromatic rings. The standard InChI is InChI=1S/C10H13ClN4/c1-3-4-7(2)10-14-13-9-5-8(11)12-6-15(9)10/h5-7H,3-4H2,1-2H3. The van der Waals surface area contributed by atoms with E-state index in [0.29, 0.717) is 11.1 Å². The molecule has 0 N–H and O–H groups in total. The highest BCUT2D eigenvalue weighted by Crippen LogP contribution is 2.19. The summed E-state index contributed by atoms with van der Waals surface area (Å²) in [6.45, 7) is 4.31. The van der Waals surface area contributed by atoms with Gasteiger partial charge in [-0.1, -0.05) is 31.9 Å². The summed E-state index contributed by atoms with van der Waals surface area (Å²) in [4.78, 5) is 4.03. The summed E-state index contributed by atoms with van der Waals surface area (Å²) in [5, 5.41) is 8.69. The number of nitrogens with zero attached hydrogens (tertiary/aromatic N) is 4. The molecule has 0 amide bonds. The Hall–Kier alpha value is -1.16. The van der Waals surface area contributed by atoms with Crippen molar-refractivity contribution in [3.8, 4) is 0 Å². The average Bonchev–Trinajstić information content (AvgIpc) is 2.60. The summed E-state index contributed by atoms with van der Waals surface area (Å²) in [5.41, 5.74) is 0.757. The summed E-state index contributed by atoms with van der Waals surface area (Å²) in [5.74, 6) is 1.35. The van der Waals surface area contributed by atoms with Gasteiger partial charge in [0.15, 0.2) is 5.65 Å². The van der Waals surface area contributed by atoms with Gasteiger partial charge in [-0.15, -0.1) is 10.2 Å². The maximum absolute atomic E-state index is 5.78. The minimum absolute atomic E-state index is 0.396. The SMILES string of the molecule is CCCC(C)c1nnc2cc(Cl)ncn12. The van der Waals surface area contributed by atoms with Gasteiger partial charge in [0, 0.05) is 12.0 Å². The predicted molar refractivity (Wildman–Crippen MR) is 59.1 cm³/mol. The monoisotopic (exact) mass is 224 g/mol. The lowest BCUT2D eigenvalue weighted by molar-refractivity contribution is 0.618. The van der Waals surface area contributed by atoms with Gasteiger partial charge in [0.1, 0.15) is 17.3 Å². The molecule has 2 aromatic heterocycles. The topological polar surface area (TPSA) is 43.1 Å². The van der Waals surface area contributed by atoms with Gasteiger partial charge in [0.2, 0.25) is 0 Å². The van der Waals surface area contributed by atoms with Gasteiger partial charge in [-0.3, -0.25) is 4.40 Å². The zero-order valence-electron chi connectivity index (χ0n) is 8.81. The van der Waals surface area contributed by atoms with Gasteiger partial charge in [-0.2, -0.15) is 0 Å². The maximum atomic E-state index is 5.78. The number of fused-ring (bicyclic) bond motifs is 1. The van der Waals surface area contributed by atoms with Crippen LogP contribution < -0.4 is 0 Å². The Morgan fingerprint density at radius 3 is 3.00 bits per heavy atom. The molecule has 0 saturated heterocycles. The fourth-order valence-corrected chi connectivity index (χ4v) is 1.83. The van der Waals surface area contributed by atoms with Gasteiger partial charge in [-0.25, -0.2) is 4.98 Å². The molecular formula is C10H13ClN4. The van der Waals surface area contributed by atoms with Crippen molar-refractivity contribution in [3.05, 3.63) is 23.4 Å². The lowest BCUT2D eigenvalue weighted by atomic mass is 10.1. The second kappa shape index (κ2) is 4.14. The van der Waals surface area contributed by atoms with E-state index >= 15 is 0 Å². The molecule has 0 aliphatic rings. The quantitative estimate of drug-likeness (QED) is 0.753. The van der Waals surface area contributed by atoms with Crippen molar-refractivity contribution >= 4 is 17.2 Å². The zero-order valence-corrected chi connectivity index (χ0v) is 9.57. The minimum Gasteiger partial charge on any atom is -0.269 e. The minimum atomic E-state index is 0.396. The van der Waals surface area contributed by atoms with E-state index in [1.807, 2.05) is 4.40 Å². The highest BCUT2D eigenvalue weighted by molar-refractivity contribution is 6.29. The number of halogens is 1. The molecule has 1 atom stereocenters. The van der Waals surface area contributed by atoms with Crippen LogP contribution >= 0.6 is 11.6 Å². The van der Waals surface area contributed by atoms with Crippen molar-refractivity contribution in [1.82, 2.24) is 19.6 Å². The lowest BCUT2D eigenvalue weighted by Gasteiger charge is -2.06. The summed E-state index contributed by atoms with van der Waals surface area (Å²) >= 11 is 5.78. The van der Waals surface area contributed by atoms with E-state index in [2.05, 4.69) is 29.0 Å². The molecule has 1 unspecified atom stereocenters. The van der Waals surface area contributed by atoms with Crippen LogP contribution in [0.15, 0.2) is 12.4 Å². The highest BCUT2D eigenvalue weighted by atomic mass is 35.5. The van der Waals surface area contributed by atoms with E-state index in [1.165, 1.54) is 0 Å². The Morgan fingerprint density at radius 2 is 2.27 bits per heavy atom. The van der Waals surface area contributed by atoms with E-state index < -0.39 is 0 Å². The highest BCUT2D eigenvalue weighted by Gasteiger charge is 2.12. The van der Waals surface area contributed by atoms with Gasteiger partial charge in [-0.05, 0) is 6.42 Å². The van der Waals surface area contributed by atoms with Crippen molar-refractivity contribution in [2.24, 2.45) is 0 Å². The predicted octanol–water partition coefficient (Wildman–Crippen LogP) is 2.68. The fourth-order valence-electron chi connectivity index (χ4n) is 1.69. The number of aromatic nitrogens is 4. The molecular weight excluding hydrogens is 212 g/mol. The number of hydrogen-bond acceptors (Lipinski definition) is 3. The maximum Gasteiger partial charge on any atom is 0.165 e. The third-order valence-corrected chi connectivity index (χ3v) is 2.66. The van der Waals surface area contributed by atoms with Crippen molar-refractivity contribution < 1.29 is 0 Å². The molecule has 0 spiro atoms. The van der Waals surface area contributed by atoms with Crippen molar-refractivity contribution in [2.45, 2.75) is 32.6 Å². The Labute approximate surface area is 93.3 Å². The molecule has 0 aliphatic heterocycles. The number of hydrogen-bond donors (Lipinski definition) is 0. The molecule has 0 fully saturated rings. The lowest BCUT2D eigenvalue weighted by Crippen LogP contribution is -2.00. The first-order valence-electron chi connectivity index (χ1n) is 5.08. The summed E-state index contributed by atoms with van der Waals surface area (Å²) in [6.07, 6.45) is 3.92. The molecule has 0 aromatic carbocycles. The van der Waals surface area contributed by atoms with Crippen LogP contribution in [0.25, 0.3) is 5.65 Å². The molecule has 0 aliphatic carbocycles. The normalized spacial score (nSPS) is 13.3. The molecule has 0 bridgehead atoms. The molecule has 15 heavy (non-hydrogen) atoms. The second-order valence-corrected chi connectivity index (χ2v) is 4.08. The van der Waals surface area contributed by atoms with E-state index in [9.17, 15) is 0 Å². The Kier molecular flexibility index (Phi) is 2.86. The van der Waals surface area contributed by atoms with Crippen LogP contribution in [0.1, 0.15) is 38.4 Å². The van der Waals surface area contributed by atoms with Crippen molar-refractivity contribution in [1.29, 1.82) is 0 Å². The fraction of sp³-hybridized carbons (Fsp3) is 0.500. The molecule has 0 radical (unpaired) electrons. The molecule has 2 heterocycles. The largest absolute Gasteiger partial charge is 0.269 e. The van der Waals surface area contributed by atoms with E-state index in [0.717, 1.165) is 24.3 Å². The third kappa shape index (κ3) is 1.95. The second-order valence-electron chi connectivity index (χ2n) is 3.69. The summed E-state index contributed by atoms with van der Waals surface area (Å²) in [6, 6.07) is 1.72. The first-order chi connectivity index (χ1) is 7.22. The average molecular weight is 225 g/mol. The molecule has 5 heteroatoms. The van der Waals surface area contributed by atoms with Crippen LogP contribution in [0.5, 0.6) is 0 Å². The first-order valence-corrected chi connectivity index (χ1v) is 5.46. The third-order valence-electron chi connectivity index (χ3n) is 2.46. The van der Waals surface area contributed by atoms with Crippen LogP contribution in [0, 0.1) is 0 Å². The van der Waals surface area contributed by atoms with Crippen LogP contribution in [0.4, 0.5) is 0 Å². The van der Waals surface area contributed by atoms with Gasteiger partial charge < -0.3 is 0 Å². The van der Waals surface area contributed by atoms with E-state index in [1.54, 1.807) is 12.4 Å². The van der Waals surface area contributed by atoms with E-state index in [4.69, 9.17) is 11.6 Å². The number of rotatable bonds is 3. The van der Waals surface area contributed by atoms with Crippen LogP contribution in [0.3, 0.4) is 0 Å². The Bertz CT molecular complexity index is 465. The first kappa shape index (κ1) is 10.4. The zero-order chi connectivity index (χ0) is 10.8. The smallest absolute Gasteiger partial charge is 0.165 e. The Balaban J connectivity index is 2.44. The van der Waals surface area contributed by atoms with Crippen LogP contribution in [-0.2, 0) is 0 Å². The van der Waals surface area contributed by atoms with Gasteiger partial charge in [0.25, 0.3) is 0 Å². The van der Waals surface area contributed by atoms with Gasteiger partial charge >= 0.3 is 0 Å². The Morgan fingerprint density at radius 1 is 1.47 bits per heavy atom.